The molecule has 0 radical (unpaired) electrons. The van der Waals surface area contributed by atoms with Crippen molar-refractivity contribution >= 4 is 23.4 Å². The number of anilines is 1. The molecule has 24 heavy (non-hydrogen) atoms. The highest BCUT2D eigenvalue weighted by Gasteiger charge is 2.42. The van der Waals surface area contributed by atoms with Crippen LogP contribution in [0.25, 0.3) is 0 Å². The fourth-order valence-electron chi connectivity index (χ4n) is 2.90. The highest BCUT2D eigenvalue weighted by Crippen LogP contribution is 2.35. The zero-order valence-corrected chi connectivity index (χ0v) is 13.5. The molecular formula is C14H15ClF3N3O3. The summed E-state index contributed by atoms with van der Waals surface area (Å²) in [7, 11) is 1.29. The van der Waals surface area contributed by atoms with Crippen molar-refractivity contribution in [3.63, 3.8) is 0 Å². The van der Waals surface area contributed by atoms with Crippen molar-refractivity contribution in [3.05, 3.63) is 22.8 Å². The summed E-state index contributed by atoms with van der Waals surface area (Å²) in [6.45, 7) is 1.41. The molecule has 2 atom stereocenters. The first-order valence-electron chi connectivity index (χ1n) is 7.28. The number of nitrogens with zero attached hydrogens (tertiary/aromatic N) is 3. The van der Waals surface area contributed by atoms with Gasteiger partial charge in [0.05, 0.1) is 23.7 Å². The van der Waals surface area contributed by atoms with E-state index < -0.39 is 23.8 Å². The predicted octanol–water partition coefficient (Wildman–Crippen LogP) is 2.12. The van der Waals surface area contributed by atoms with Crippen LogP contribution in [0, 0.1) is 0 Å². The van der Waals surface area contributed by atoms with Gasteiger partial charge in [0.25, 0.3) is 0 Å². The lowest BCUT2D eigenvalue weighted by Gasteiger charge is -2.36. The molecule has 132 valence electrons. The van der Waals surface area contributed by atoms with E-state index in [2.05, 4.69) is 9.72 Å². The number of halogens is 4. The van der Waals surface area contributed by atoms with Crippen LogP contribution in [0.2, 0.25) is 5.02 Å². The van der Waals surface area contributed by atoms with Crippen molar-refractivity contribution in [3.8, 4) is 0 Å². The Kier molecular flexibility index (Phi) is 4.58. The molecule has 1 aromatic heterocycles. The van der Waals surface area contributed by atoms with Gasteiger partial charge < -0.3 is 9.64 Å². The van der Waals surface area contributed by atoms with Crippen LogP contribution in [-0.2, 0) is 20.5 Å². The fraction of sp³-hybridized carbons (Fsp3) is 0.571. The number of aromatic nitrogens is 1. The van der Waals surface area contributed by atoms with E-state index in [-0.39, 0.29) is 11.1 Å². The molecule has 10 heteroatoms. The molecule has 2 aliphatic heterocycles. The SMILES string of the molecule is COC(=O)[C@@H]1C[C@H]2CN(c3ncc(C(F)(F)F)cc3Cl)CCN2O1. The van der Waals surface area contributed by atoms with E-state index in [9.17, 15) is 18.0 Å². The second-order valence-electron chi connectivity index (χ2n) is 5.62. The summed E-state index contributed by atoms with van der Waals surface area (Å²) in [5.74, 6) is -0.146. The first-order valence-corrected chi connectivity index (χ1v) is 7.66. The molecule has 0 aliphatic carbocycles. The van der Waals surface area contributed by atoms with Gasteiger partial charge in [-0.1, -0.05) is 11.6 Å². The molecule has 0 amide bonds. The van der Waals surface area contributed by atoms with Crippen LogP contribution in [0.15, 0.2) is 12.3 Å². The third kappa shape index (κ3) is 3.28. The van der Waals surface area contributed by atoms with Crippen LogP contribution < -0.4 is 4.90 Å². The largest absolute Gasteiger partial charge is 0.467 e. The number of carbonyl (C=O) groups excluding carboxylic acids is 1. The zero-order valence-electron chi connectivity index (χ0n) is 12.7. The van der Waals surface area contributed by atoms with Gasteiger partial charge in [0.15, 0.2) is 6.10 Å². The van der Waals surface area contributed by atoms with Crippen LogP contribution >= 0.6 is 11.6 Å². The monoisotopic (exact) mass is 365 g/mol. The van der Waals surface area contributed by atoms with Crippen LogP contribution in [0.5, 0.6) is 0 Å². The molecule has 0 aromatic carbocycles. The van der Waals surface area contributed by atoms with Gasteiger partial charge in [-0.3, -0.25) is 4.84 Å². The molecule has 6 nitrogen and oxygen atoms in total. The first kappa shape index (κ1) is 17.2. The number of fused-ring (bicyclic) bond motifs is 1. The number of methoxy groups -OCH3 is 1. The van der Waals surface area contributed by atoms with E-state index in [1.807, 2.05) is 0 Å². The number of hydroxylamine groups is 2. The summed E-state index contributed by atoms with van der Waals surface area (Å²) in [4.78, 5) is 22.8. The van der Waals surface area contributed by atoms with E-state index in [1.165, 1.54) is 7.11 Å². The minimum Gasteiger partial charge on any atom is -0.467 e. The predicted molar refractivity (Wildman–Crippen MR) is 78.5 cm³/mol. The van der Waals surface area contributed by atoms with Crippen LogP contribution in [0.1, 0.15) is 12.0 Å². The summed E-state index contributed by atoms with van der Waals surface area (Å²) in [6, 6.07) is 0.793. The van der Waals surface area contributed by atoms with Crippen LogP contribution in [-0.4, -0.2) is 54.9 Å². The maximum Gasteiger partial charge on any atom is 0.417 e. The molecule has 0 saturated carbocycles. The molecule has 0 bridgehead atoms. The lowest BCUT2D eigenvalue weighted by atomic mass is 10.1. The van der Waals surface area contributed by atoms with Crippen LogP contribution in [0.4, 0.5) is 19.0 Å². The van der Waals surface area contributed by atoms with Crippen molar-refractivity contribution in [1.29, 1.82) is 0 Å². The molecule has 0 N–H and O–H groups in total. The molecule has 3 rings (SSSR count). The maximum absolute atomic E-state index is 12.7. The summed E-state index contributed by atoms with van der Waals surface area (Å²) in [6.07, 6.45) is -3.92. The lowest BCUT2D eigenvalue weighted by molar-refractivity contribution is -0.188. The number of hydrogen-bond donors (Lipinski definition) is 0. The Morgan fingerprint density at radius 3 is 2.83 bits per heavy atom. The Labute approximate surface area is 141 Å². The molecule has 2 aliphatic rings. The quantitative estimate of drug-likeness (QED) is 0.748. The van der Waals surface area contributed by atoms with Gasteiger partial charge >= 0.3 is 12.1 Å². The minimum absolute atomic E-state index is 0.0540. The summed E-state index contributed by atoms with van der Waals surface area (Å²) >= 11 is 5.99. The maximum atomic E-state index is 12.7. The molecule has 1 aromatic rings. The van der Waals surface area contributed by atoms with E-state index in [0.29, 0.717) is 31.9 Å². The zero-order chi connectivity index (χ0) is 17.5. The van der Waals surface area contributed by atoms with Gasteiger partial charge in [-0.2, -0.15) is 18.2 Å². The van der Waals surface area contributed by atoms with Gasteiger partial charge in [-0.05, 0) is 6.07 Å². The molecule has 0 spiro atoms. The Morgan fingerprint density at radius 1 is 1.46 bits per heavy atom. The number of carbonyl (C=O) groups is 1. The lowest BCUT2D eigenvalue weighted by Crippen LogP contribution is -2.50. The minimum atomic E-state index is -4.49. The van der Waals surface area contributed by atoms with Crippen molar-refractivity contribution in [1.82, 2.24) is 10.0 Å². The summed E-state index contributed by atoms with van der Waals surface area (Å²) < 4.78 is 42.7. The standard InChI is InChI=1S/C14H15ClF3N3O3/c1-23-13(22)11-5-9-7-20(2-3-21(9)24-11)12-10(15)4-8(6-19-12)14(16,17)18/h4,6,9,11H,2-3,5,7H2,1H3/t9-,11-/m0/s1. The smallest absolute Gasteiger partial charge is 0.417 e. The second kappa shape index (κ2) is 6.38. The van der Waals surface area contributed by atoms with E-state index in [1.54, 1.807) is 9.96 Å². The average molecular weight is 366 g/mol. The second-order valence-corrected chi connectivity index (χ2v) is 6.03. The van der Waals surface area contributed by atoms with Crippen molar-refractivity contribution in [2.24, 2.45) is 0 Å². The van der Waals surface area contributed by atoms with Crippen molar-refractivity contribution in [2.45, 2.75) is 24.7 Å². The normalized spacial score (nSPS) is 24.8. The molecule has 2 saturated heterocycles. The van der Waals surface area contributed by atoms with Gasteiger partial charge in [0, 0.05) is 32.3 Å². The highest BCUT2D eigenvalue weighted by atomic mass is 35.5. The number of piperazine rings is 1. The number of hydrogen-bond acceptors (Lipinski definition) is 6. The Hall–Kier alpha value is -1.58. The summed E-state index contributed by atoms with van der Waals surface area (Å²) in [5.41, 5.74) is -0.884. The number of rotatable bonds is 2. The Balaban J connectivity index is 1.73. The van der Waals surface area contributed by atoms with E-state index in [0.717, 1.165) is 12.3 Å². The van der Waals surface area contributed by atoms with E-state index >= 15 is 0 Å². The Bertz CT molecular complexity index is 643. The van der Waals surface area contributed by atoms with Gasteiger partial charge in [-0.15, -0.1) is 0 Å². The first-order chi connectivity index (χ1) is 11.3. The molecule has 2 fully saturated rings. The van der Waals surface area contributed by atoms with E-state index in [4.69, 9.17) is 16.4 Å². The van der Waals surface area contributed by atoms with Gasteiger partial charge in [0.1, 0.15) is 5.82 Å². The number of esters is 1. The average Bonchev–Trinajstić information content (AvgIpc) is 2.96. The number of ether oxygens (including phenoxy) is 1. The van der Waals surface area contributed by atoms with Crippen molar-refractivity contribution < 1.29 is 27.5 Å². The molecular weight excluding hydrogens is 351 g/mol. The molecule has 3 heterocycles. The van der Waals surface area contributed by atoms with Gasteiger partial charge in [0.2, 0.25) is 0 Å². The highest BCUT2D eigenvalue weighted by molar-refractivity contribution is 6.33. The van der Waals surface area contributed by atoms with Gasteiger partial charge in [-0.25, -0.2) is 9.78 Å². The van der Waals surface area contributed by atoms with Crippen LogP contribution in [0.3, 0.4) is 0 Å². The summed E-state index contributed by atoms with van der Waals surface area (Å²) in [5, 5.41) is 1.65. The third-order valence-electron chi connectivity index (χ3n) is 4.09. The Morgan fingerprint density at radius 2 is 2.21 bits per heavy atom. The third-order valence-corrected chi connectivity index (χ3v) is 4.37. The topological polar surface area (TPSA) is 54.9 Å². The molecule has 0 unspecified atom stereocenters. The van der Waals surface area contributed by atoms with Crippen molar-refractivity contribution in [2.75, 3.05) is 31.6 Å². The number of pyridine rings is 1. The number of alkyl halides is 3. The fourth-order valence-corrected chi connectivity index (χ4v) is 3.19.